The molecule has 5 nitrogen and oxygen atoms in total. The average Bonchev–Trinajstić information content (AvgIpc) is 2.46. The van der Waals surface area contributed by atoms with Crippen molar-refractivity contribution in [2.75, 3.05) is 26.3 Å². The van der Waals surface area contributed by atoms with Crippen molar-refractivity contribution in [3.8, 4) is 0 Å². The molecule has 5 heteroatoms. The zero-order chi connectivity index (χ0) is 9.47. The molecule has 0 radical (unpaired) electrons. The van der Waals surface area contributed by atoms with Crippen LogP contribution in [0.15, 0.2) is 0 Å². The second-order valence-corrected chi connectivity index (χ2v) is 3.82. The number of aliphatic hydroxyl groups is 1. The molecule has 1 unspecified atom stereocenters. The number of likely N-dealkylation sites (tertiary alicyclic amines) is 1. The number of β-amino-alcohol motifs (C(OH)–C–C–N with tert-alkyl or cyclic N) is 1. The maximum atomic E-state index is 11.7. The molecule has 0 spiro atoms. The van der Waals surface area contributed by atoms with Gasteiger partial charge in [-0.25, -0.2) is 0 Å². The van der Waals surface area contributed by atoms with Crippen LogP contribution in [0, 0.1) is 0 Å². The van der Waals surface area contributed by atoms with Gasteiger partial charge in [-0.2, -0.15) is 0 Å². The number of nitrogens with two attached hydrogens (primary N) is 1. The van der Waals surface area contributed by atoms with Crippen molar-refractivity contribution in [2.24, 2.45) is 5.73 Å². The zero-order valence-electron chi connectivity index (χ0n) is 7.40. The Morgan fingerprint density at radius 1 is 1.62 bits per heavy atom. The Morgan fingerprint density at radius 2 is 2.31 bits per heavy atom. The normalized spacial score (nSPS) is 34.8. The van der Waals surface area contributed by atoms with E-state index in [-0.39, 0.29) is 12.0 Å². The molecule has 0 aliphatic carbocycles. The third kappa shape index (κ3) is 1.43. The molecular weight excluding hydrogens is 172 g/mol. The molecule has 74 valence electrons. The van der Waals surface area contributed by atoms with E-state index in [2.05, 4.69) is 0 Å². The van der Waals surface area contributed by atoms with E-state index >= 15 is 0 Å². The van der Waals surface area contributed by atoms with E-state index in [1.165, 1.54) is 0 Å². The van der Waals surface area contributed by atoms with Crippen LogP contribution in [0.4, 0.5) is 0 Å². The maximum absolute atomic E-state index is 11.7. The second-order valence-electron chi connectivity index (χ2n) is 3.82. The molecule has 13 heavy (non-hydrogen) atoms. The lowest BCUT2D eigenvalue weighted by atomic mass is 9.96. The fourth-order valence-electron chi connectivity index (χ4n) is 1.69. The van der Waals surface area contributed by atoms with Crippen LogP contribution in [0.5, 0.6) is 0 Å². The number of rotatable bonds is 1. The Bertz CT molecular complexity index is 219. The van der Waals surface area contributed by atoms with Gasteiger partial charge >= 0.3 is 0 Å². The largest absolute Gasteiger partial charge is 0.389 e. The average molecular weight is 186 g/mol. The number of carbonyl (C=O) groups is 1. The highest BCUT2D eigenvalue weighted by Gasteiger charge is 2.44. The van der Waals surface area contributed by atoms with Gasteiger partial charge in [0, 0.05) is 19.7 Å². The lowest BCUT2D eigenvalue weighted by molar-refractivity contribution is -0.147. The van der Waals surface area contributed by atoms with Crippen molar-refractivity contribution in [2.45, 2.75) is 18.1 Å². The number of carbonyl (C=O) groups excluding carboxylic acids is 1. The smallest absolute Gasteiger partial charge is 0.245 e. The summed E-state index contributed by atoms with van der Waals surface area (Å²) in [5.74, 6) is -0.0877. The van der Waals surface area contributed by atoms with Crippen molar-refractivity contribution < 1.29 is 14.6 Å². The quantitative estimate of drug-likeness (QED) is 0.512. The molecule has 0 aromatic carbocycles. The first-order valence-electron chi connectivity index (χ1n) is 4.46. The predicted molar refractivity (Wildman–Crippen MR) is 44.9 cm³/mol. The number of amides is 1. The minimum Gasteiger partial charge on any atom is -0.389 e. The van der Waals surface area contributed by atoms with E-state index in [1.807, 2.05) is 0 Å². The van der Waals surface area contributed by atoms with Crippen molar-refractivity contribution in [1.29, 1.82) is 0 Å². The SMILES string of the molecule is NC1(C(=O)N2CC(O)C2)CCOC1. The zero-order valence-corrected chi connectivity index (χ0v) is 7.40. The summed E-state index contributed by atoms with van der Waals surface area (Å²) in [6.45, 7) is 1.69. The summed E-state index contributed by atoms with van der Waals surface area (Å²) >= 11 is 0. The van der Waals surface area contributed by atoms with E-state index in [0.29, 0.717) is 32.7 Å². The third-order valence-electron chi connectivity index (χ3n) is 2.63. The summed E-state index contributed by atoms with van der Waals surface area (Å²) in [5.41, 5.74) is 5.03. The summed E-state index contributed by atoms with van der Waals surface area (Å²) in [4.78, 5) is 13.3. The number of nitrogens with zero attached hydrogens (tertiary/aromatic N) is 1. The minimum absolute atomic E-state index is 0.0877. The maximum Gasteiger partial charge on any atom is 0.245 e. The molecule has 1 amide bonds. The standard InChI is InChI=1S/C8H14N2O3/c9-8(1-2-13-5-8)7(12)10-3-6(11)4-10/h6,11H,1-5,9H2. The van der Waals surface area contributed by atoms with E-state index in [1.54, 1.807) is 4.90 Å². The third-order valence-corrected chi connectivity index (χ3v) is 2.63. The molecule has 2 heterocycles. The fraction of sp³-hybridized carbons (Fsp3) is 0.875. The van der Waals surface area contributed by atoms with E-state index in [9.17, 15) is 4.79 Å². The number of aliphatic hydroxyl groups excluding tert-OH is 1. The van der Waals surface area contributed by atoms with Gasteiger partial charge in [0.2, 0.25) is 5.91 Å². The first-order chi connectivity index (χ1) is 6.12. The second kappa shape index (κ2) is 2.94. The molecule has 3 N–H and O–H groups in total. The molecule has 0 bridgehead atoms. The van der Waals surface area contributed by atoms with Gasteiger partial charge in [0.1, 0.15) is 5.54 Å². The molecule has 0 aromatic heterocycles. The van der Waals surface area contributed by atoms with E-state index < -0.39 is 5.54 Å². The lowest BCUT2D eigenvalue weighted by Crippen LogP contribution is -2.63. The molecule has 2 aliphatic rings. The van der Waals surface area contributed by atoms with Crippen LogP contribution < -0.4 is 5.73 Å². The predicted octanol–water partition coefficient (Wildman–Crippen LogP) is -1.69. The van der Waals surface area contributed by atoms with Gasteiger partial charge in [0.25, 0.3) is 0 Å². The monoisotopic (exact) mass is 186 g/mol. The highest BCUT2D eigenvalue weighted by Crippen LogP contribution is 2.21. The van der Waals surface area contributed by atoms with Crippen LogP contribution in [-0.2, 0) is 9.53 Å². The number of hydrogen-bond donors (Lipinski definition) is 2. The number of hydrogen-bond acceptors (Lipinski definition) is 4. The molecule has 2 fully saturated rings. The van der Waals surface area contributed by atoms with Gasteiger partial charge in [-0.3, -0.25) is 4.79 Å². The Labute approximate surface area is 76.5 Å². The lowest BCUT2D eigenvalue weighted by Gasteiger charge is -2.39. The first-order valence-corrected chi connectivity index (χ1v) is 4.46. The molecule has 2 rings (SSSR count). The van der Waals surface area contributed by atoms with Crippen LogP contribution in [0.25, 0.3) is 0 Å². The van der Waals surface area contributed by atoms with Crippen molar-refractivity contribution >= 4 is 5.91 Å². The molecule has 1 atom stereocenters. The Morgan fingerprint density at radius 3 is 2.77 bits per heavy atom. The van der Waals surface area contributed by atoms with E-state index in [4.69, 9.17) is 15.6 Å². The van der Waals surface area contributed by atoms with Crippen LogP contribution >= 0.6 is 0 Å². The summed E-state index contributed by atoms with van der Waals surface area (Å²) in [7, 11) is 0. The van der Waals surface area contributed by atoms with Gasteiger partial charge < -0.3 is 20.5 Å². The summed E-state index contributed by atoms with van der Waals surface area (Å²) in [6, 6.07) is 0. The molecule has 2 aliphatic heterocycles. The number of ether oxygens (including phenoxy) is 1. The minimum atomic E-state index is -0.833. The van der Waals surface area contributed by atoms with Crippen LogP contribution in [0.3, 0.4) is 0 Å². The fourth-order valence-corrected chi connectivity index (χ4v) is 1.69. The van der Waals surface area contributed by atoms with Crippen LogP contribution in [-0.4, -0.2) is 53.9 Å². The van der Waals surface area contributed by atoms with Gasteiger partial charge in [-0.05, 0) is 6.42 Å². The Kier molecular flexibility index (Phi) is 2.02. The topological polar surface area (TPSA) is 75.8 Å². The van der Waals surface area contributed by atoms with Gasteiger partial charge in [0.15, 0.2) is 0 Å². The Hall–Kier alpha value is -0.650. The van der Waals surface area contributed by atoms with Crippen molar-refractivity contribution in [3.63, 3.8) is 0 Å². The summed E-state index contributed by atoms with van der Waals surface area (Å²) in [5, 5.41) is 9.03. The van der Waals surface area contributed by atoms with Crippen molar-refractivity contribution in [3.05, 3.63) is 0 Å². The van der Waals surface area contributed by atoms with Crippen molar-refractivity contribution in [1.82, 2.24) is 4.90 Å². The molecular formula is C8H14N2O3. The summed E-state index contributed by atoms with van der Waals surface area (Å²) < 4.78 is 5.09. The molecule has 2 saturated heterocycles. The van der Waals surface area contributed by atoms with Gasteiger partial charge in [-0.15, -0.1) is 0 Å². The highest BCUT2D eigenvalue weighted by molar-refractivity contribution is 5.87. The molecule has 0 aromatic rings. The van der Waals surface area contributed by atoms with Crippen LogP contribution in [0.2, 0.25) is 0 Å². The van der Waals surface area contributed by atoms with Gasteiger partial charge in [-0.1, -0.05) is 0 Å². The van der Waals surface area contributed by atoms with Gasteiger partial charge in [0.05, 0.1) is 12.7 Å². The Balaban J connectivity index is 1.96. The summed E-state index contributed by atoms with van der Waals surface area (Å²) in [6.07, 6.45) is 0.216. The highest BCUT2D eigenvalue weighted by atomic mass is 16.5. The van der Waals surface area contributed by atoms with E-state index in [0.717, 1.165) is 0 Å². The van der Waals surface area contributed by atoms with Crippen LogP contribution in [0.1, 0.15) is 6.42 Å². The first kappa shape index (κ1) is 8.93. The molecule has 0 saturated carbocycles.